The van der Waals surface area contributed by atoms with Crippen molar-refractivity contribution in [2.24, 2.45) is 23.7 Å². The van der Waals surface area contributed by atoms with Crippen molar-refractivity contribution in [1.29, 1.82) is 0 Å². The second-order valence-electron chi connectivity index (χ2n) is 9.15. The molecule has 174 valence electrons. The minimum Gasteiger partial charge on any atom is -0.369 e. The van der Waals surface area contributed by atoms with Crippen molar-refractivity contribution in [2.45, 2.75) is 68.0 Å². The molecule has 31 heavy (non-hydrogen) atoms. The molecule has 4 nitrogen and oxygen atoms in total. The van der Waals surface area contributed by atoms with Crippen molar-refractivity contribution in [1.82, 2.24) is 0 Å². The van der Waals surface area contributed by atoms with E-state index in [4.69, 9.17) is 4.18 Å². The number of hydrogen-bond acceptors (Lipinski definition) is 4. The summed E-state index contributed by atoms with van der Waals surface area (Å²) in [5.74, 6) is 0.731. The molecule has 4 saturated carbocycles. The molecule has 1 aromatic rings. The van der Waals surface area contributed by atoms with Crippen LogP contribution in [0.15, 0.2) is 23.1 Å². The summed E-state index contributed by atoms with van der Waals surface area (Å²) >= 11 is 0. The zero-order valence-corrected chi connectivity index (χ0v) is 17.3. The number of rotatable bonds is 4. The first-order valence-electron chi connectivity index (χ1n) is 10.0. The molecular weight excluding hydrogens is 450 g/mol. The normalized spacial score (nSPS) is 31.3. The Morgan fingerprint density at radius 2 is 1.39 bits per heavy atom. The van der Waals surface area contributed by atoms with Crippen molar-refractivity contribution in [3.05, 3.63) is 29.3 Å². The molecule has 0 saturated heterocycles. The lowest BCUT2D eigenvalue weighted by atomic mass is 9.55. The molecule has 0 amide bonds. The van der Waals surface area contributed by atoms with Gasteiger partial charge in [-0.05, 0) is 68.8 Å². The van der Waals surface area contributed by atoms with Crippen molar-refractivity contribution < 1.29 is 44.0 Å². The van der Waals surface area contributed by atoms with Crippen LogP contribution < -0.4 is 0 Å². The Labute approximate surface area is 175 Å². The van der Waals surface area contributed by atoms with Gasteiger partial charge in [-0.1, -0.05) is 17.7 Å². The number of alkyl halides is 6. The van der Waals surface area contributed by atoms with Crippen LogP contribution in [0.2, 0.25) is 0 Å². The predicted octanol–water partition coefficient (Wildman–Crippen LogP) is 4.84. The van der Waals surface area contributed by atoms with Crippen LogP contribution >= 0.6 is 0 Å². The maximum Gasteiger partial charge on any atom is 0.430 e. The van der Waals surface area contributed by atoms with Gasteiger partial charge < -0.3 is 5.11 Å². The first-order chi connectivity index (χ1) is 14.1. The van der Waals surface area contributed by atoms with Gasteiger partial charge in [0.05, 0.1) is 6.10 Å². The average Bonchev–Trinajstić information content (AvgIpc) is 2.61. The highest BCUT2D eigenvalue weighted by Crippen LogP contribution is 2.56. The van der Waals surface area contributed by atoms with E-state index >= 15 is 0 Å². The summed E-state index contributed by atoms with van der Waals surface area (Å²) in [5, 5.41) is 9.86. The molecule has 0 atom stereocenters. The Hall–Kier alpha value is -1.33. The number of halogens is 6. The summed E-state index contributed by atoms with van der Waals surface area (Å²) in [6, 6.07) is 2.11. The fraction of sp³-hybridized carbons (Fsp3) is 0.700. The van der Waals surface area contributed by atoms with Crippen LogP contribution in [0.1, 0.15) is 43.2 Å². The van der Waals surface area contributed by atoms with Crippen LogP contribution in [-0.2, 0) is 19.9 Å². The highest BCUT2D eigenvalue weighted by molar-refractivity contribution is 7.86. The molecule has 0 radical (unpaired) electrons. The molecule has 0 aromatic heterocycles. The first-order valence-corrected chi connectivity index (χ1v) is 11.4. The lowest BCUT2D eigenvalue weighted by Crippen LogP contribution is -2.54. The van der Waals surface area contributed by atoms with E-state index in [0.717, 1.165) is 38.2 Å². The molecule has 0 aliphatic heterocycles. The second-order valence-corrected chi connectivity index (χ2v) is 10.7. The van der Waals surface area contributed by atoms with Gasteiger partial charge >= 0.3 is 12.4 Å². The van der Waals surface area contributed by atoms with Gasteiger partial charge in [-0.15, -0.1) is 0 Å². The van der Waals surface area contributed by atoms with Crippen LogP contribution in [0, 0.1) is 30.6 Å². The van der Waals surface area contributed by atoms with Gasteiger partial charge in [-0.25, -0.2) is 0 Å². The smallest absolute Gasteiger partial charge is 0.369 e. The van der Waals surface area contributed by atoms with E-state index in [1.54, 1.807) is 0 Å². The molecule has 11 heteroatoms. The van der Waals surface area contributed by atoms with Crippen LogP contribution in [0.25, 0.3) is 0 Å². The molecule has 1 N–H and O–H groups in total. The van der Waals surface area contributed by atoms with Gasteiger partial charge in [-0.2, -0.15) is 34.8 Å². The SMILES string of the molecule is Cc1ccc(S(=O)(=O)OC2C3CC4CC(C3)CC2C4)c(C(O)(C(F)(F)F)C(F)(F)F)c1. The Kier molecular flexibility index (Phi) is 5.22. The van der Waals surface area contributed by atoms with Gasteiger partial charge in [0.2, 0.25) is 0 Å². The van der Waals surface area contributed by atoms with Crippen LogP contribution in [0.5, 0.6) is 0 Å². The molecule has 0 heterocycles. The van der Waals surface area contributed by atoms with E-state index in [1.165, 1.54) is 6.92 Å². The number of benzene rings is 1. The predicted molar refractivity (Wildman–Crippen MR) is 96.3 cm³/mol. The van der Waals surface area contributed by atoms with Crippen molar-refractivity contribution in [2.75, 3.05) is 0 Å². The zero-order valence-electron chi connectivity index (χ0n) is 16.5. The third kappa shape index (κ3) is 3.66. The van der Waals surface area contributed by atoms with Gasteiger partial charge in [0.25, 0.3) is 15.7 Å². The van der Waals surface area contributed by atoms with Crippen LogP contribution in [-0.4, -0.2) is 32.0 Å². The van der Waals surface area contributed by atoms with E-state index < -0.39 is 44.6 Å². The Morgan fingerprint density at radius 1 is 0.903 bits per heavy atom. The van der Waals surface area contributed by atoms with Crippen molar-refractivity contribution in [3.8, 4) is 0 Å². The average molecular weight is 472 g/mol. The summed E-state index contributed by atoms with van der Waals surface area (Å²) in [4.78, 5) is -1.32. The van der Waals surface area contributed by atoms with E-state index in [1.807, 2.05) is 0 Å². The topological polar surface area (TPSA) is 63.6 Å². The summed E-state index contributed by atoms with van der Waals surface area (Å²) in [7, 11) is -5.02. The Morgan fingerprint density at radius 3 is 1.84 bits per heavy atom. The number of aliphatic hydroxyl groups is 1. The van der Waals surface area contributed by atoms with Gasteiger partial charge in [0.1, 0.15) is 4.90 Å². The molecular formula is C20H22F6O4S. The lowest BCUT2D eigenvalue weighted by molar-refractivity contribution is -0.377. The Balaban J connectivity index is 1.76. The highest BCUT2D eigenvalue weighted by atomic mass is 32.2. The summed E-state index contributed by atoms with van der Waals surface area (Å²) in [6.45, 7) is 1.20. The van der Waals surface area contributed by atoms with Crippen LogP contribution in [0.3, 0.4) is 0 Å². The maximum atomic E-state index is 13.5. The number of hydrogen-bond donors (Lipinski definition) is 1. The minimum atomic E-state index is -6.20. The van der Waals surface area contributed by atoms with Gasteiger partial charge in [0.15, 0.2) is 0 Å². The molecule has 4 bridgehead atoms. The van der Waals surface area contributed by atoms with Crippen molar-refractivity contribution >= 4 is 10.1 Å². The molecule has 4 aliphatic rings. The quantitative estimate of drug-likeness (QED) is 0.503. The molecule has 5 rings (SSSR count). The summed E-state index contributed by atoms with van der Waals surface area (Å²) in [6.07, 6.45) is -9.16. The molecule has 0 spiro atoms. The van der Waals surface area contributed by atoms with E-state index in [2.05, 4.69) is 0 Å². The molecule has 4 aliphatic carbocycles. The second kappa shape index (κ2) is 7.08. The largest absolute Gasteiger partial charge is 0.430 e. The Bertz CT molecular complexity index is 927. The third-order valence-electron chi connectivity index (χ3n) is 6.99. The first kappa shape index (κ1) is 22.8. The molecule has 4 fully saturated rings. The highest BCUT2D eigenvalue weighted by Gasteiger charge is 2.72. The lowest BCUT2D eigenvalue weighted by Gasteiger charge is -2.53. The third-order valence-corrected chi connectivity index (χ3v) is 8.36. The molecule has 1 aromatic carbocycles. The van der Waals surface area contributed by atoms with Crippen molar-refractivity contribution in [3.63, 3.8) is 0 Å². The standard InChI is InChI=1S/C20H22F6O4S/c1-10-2-3-16(15(4-10)18(27,19(21,22)23)20(24,25)26)31(28,29)30-17-13-6-11-5-12(8-13)9-14(17)7-11/h2-4,11-14,17,27H,5-9H2,1H3. The fourth-order valence-corrected chi connectivity index (χ4v) is 7.26. The van der Waals surface area contributed by atoms with Crippen LogP contribution in [0.4, 0.5) is 26.3 Å². The summed E-state index contributed by atoms with van der Waals surface area (Å²) < 4.78 is 112. The monoisotopic (exact) mass is 472 g/mol. The minimum absolute atomic E-state index is 0.0736. The summed E-state index contributed by atoms with van der Waals surface area (Å²) in [5.41, 5.74) is -7.23. The number of aryl methyl sites for hydroxylation is 1. The molecule has 0 unspecified atom stereocenters. The van der Waals surface area contributed by atoms with Gasteiger partial charge in [-0.3, -0.25) is 4.18 Å². The zero-order chi connectivity index (χ0) is 23.0. The van der Waals surface area contributed by atoms with E-state index in [9.17, 15) is 39.9 Å². The van der Waals surface area contributed by atoms with Gasteiger partial charge in [0, 0.05) is 5.56 Å². The van der Waals surface area contributed by atoms with E-state index in [-0.39, 0.29) is 17.4 Å². The fourth-order valence-electron chi connectivity index (χ4n) is 5.84. The van der Waals surface area contributed by atoms with E-state index in [0.29, 0.717) is 24.0 Å². The maximum absolute atomic E-state index is 13.5.